The molecule has 0 atom stereocenters. The Labute approximate surface area is 110 Å². The van der Waals surface area contributed by atoms with Gasteiger partial charge in [-0.25, -0.2) is 0 Å². The zero-order valence-electron chi connectivity index (χ0n) is 10.9. The molecule has 4 nitrogen and oxygen atoms in total. The van der Waals surface area contributed by atoms with Crippen LogP contribution in [0.3, 0.4) is 0 Å². The van der Waals surface area contributed by atoms with Gasteiger partial charge in [0.2, 0.25) is 0 Å². The lowest BCUT2D eigenvalue weighted by atomic mass is 10.1. The minimum atomic E-state index is 0.125. The van der Waals surface area contributed by atoms with E-state index in [1.165, 1.54) is 0 Å². The molecule has 0 aliphatic rings. The van der Waals surface area contributed by atoms with Crippen molar-refractivity contribution in [2.45, 2.75) is 13.8 Å². The molecule has 2 heterocycles. The predicted molar refractivity (Wildman–Crippen MR) is 75.2 cm³/mol. The van der Waals surface area contributed by atoms with Gasteiger partial charge in [0.05, 0.1) is 5.39 Å². The highest BCUT2D eigenvalue weighted by atomic mass is 16.4. The normalized spacial score (nSPS) is 12.2. The maximum Gasteiger partial charge on any atom is 0.177 e. The van der Waals surface area contributed by atoms with Crippen molar-refractivity contribution in [3.63, 3.8) is 0 Å². The monoisotopic (exact) mass is 257 g/mol. The summed E-state index contributed by atoms with van der Waals surface area (Å²) in [5.74, 6) is 1.62. The molecule has 3 rings (SSSR count). The van der Waals surface area contributed by atoms with Crippen molar-refractivity contribution in [2.24, 2.45) is 5.73 Å². The van der Waals surface area contributed by atoms with Crippen LogP contribution in [0.15, 0.2) is 27.0 Å². The highest BCUT2D eigenvalue weighted by Gasteiger charge is 2.18. The lowest BCUT2D eigenvalue weighted by Crippen LogP contribution is -1.92. The van der Waals surface area contributed by atoms with Crippen molar-refractivity contribution in [2.75, 3.05) is 6.54 Å². The van der Waals surface area contributed by atoms with Crippen LogP contribution >= 0.6 is 0 Å². The second-order valence-corrected chi connectivity index (χ2v) is 4.60. The number of nitrogens with two attached hydrogens (primary N) is 1. The van der Waals surface area contributed by atoms with Gasteiger partial charge in [-0.1, -0.05) is 12.2 Å². The van der Waals surface area contributed by atoms with Crippen LogP contribution in [0.25, 0.3) is 28.0 Å². The van der Waals surface area contributed by atoms with E-state index >= 15 is 0 Å². The first-order valence-corrected chi connectivity index (χ1v) is 6.13. The Balaban J connectivity index is 2.50. The number of fused-ring (bicyclic) bond motifs is 2. The third-order valence-electron chi connectivity index (χ3n) is 3.14. The predicted octanol–water partition coefficient (Wildman–Crippen LogP) is 3.47. The van der Waals surface area contributed by atoms with Crippen molar-refractivity contribution in [1.82, 2.24) is 0 Å². The van der Waals surface area contributed by atoms with Crippen molar-refractivity contribution < 1.29 is 13.9 Å². The van der Waals surface area contributed by atoms with E-state index in [1.54, 1.807) is 0 Å². The molecular weight excluding hydrogens is 242 g/mol. The Bertz CT molecular complexity index is 735. The van der Waals surface area contributed by atoms with Crippen LogP contribution in [0.1, 0.15) is 17.1 Å². The highest BCUT2D eigenvalue weighted by Crippen LogP contribution is 2.41. The summed E-state index contributed by atoms with van der Waals surface area (Å²) in [6.07, 6.45) is 3.76. The molecule has 3 aromatic rings. The molecule has 0 bridgehead atoms. The summed E-state index contributed by atoms with van der Waals surface area (Å²) >= 11 is 0. The van der Waals surface area contributed by atoms with Crippen LogP contribution < -0.4 is 5.73 Å². The number of rotatable bonds is 2. The topological polar surface area (TPSA) is 72.5 Å². The standard InChI is InChI=1S/C15H15NO3/c1-8-6-11-10(4-3-5-16)14-12(7-9(2)18-14)13(17)15(11)19-8/h3-4,6-7,17H,5,16H2,1-2H3/b4-3+. The van der Waals surface area contributed by atoms with Crippen molar-refractivity contribution in [3.05, 3.63) is 35.3 Å². The summed E-state index contributed by atoms with van der Waals surface area (Å²) in [6, 6.07) is 3.70. The molecule has 0 saturated heterocycles. The van der Waals surface area contributed by atoms with Gasteiger partial charge in [-0.2, -0.15) is 0 Å². The molecule has 1 aromatic carbocycles. The van der Waals surface area contributed by atoms with Crippen LogP contribution in [0.4, 0.5) is 0 Å². The van der Waals surface area contributed by atoms with Gasteiger partial charge < -0.3 is 19.7 Å². The number of phenolic OH excluding ortho intramolecular Hbond substituents is 1. The third-order valence-corrected chi connectivity index (χ3v) is 3.14. The molecule has 0 spiro atoms. The Morgan fingerprint density at radius 1 is 1.11 bits per heavy atom. The van der Waals surface area contributed by atoms with Crippen molar-refractivity contribution in [1.29, 1.82) is 0 Å². The van der Waals surface area contributed by atoms with Gasteiger partial charge in [-0.3, -0.25) is 0 Å². The third kappa shape index (κ3) is 1.72. The molecule has 3 N–H and O–H groups in total. The first-order chi connectivity index (χ1) is 9.11. The molecule has 0 amide bonds. The summed E-state index contributed by atoms with van der Waals surface area (Å²) in [6.45, 7) is 4.15. The summed E-state index contributed by atoms with van der Waals surface area (Å²) in [5, 5.41) is 11.8. The van der Waals surface area contributed by atoms with Gasteiger partial charge in [-0.05, 0) is 26.0 Å². The highest BCUT2D eigenvalue weighted by molar-refractivity contribution is 6.08. The van der Waals surface area contributed by atoms with E-state index in [2.05, 4.69) is 0 Å². The fourth-order valence-electron chi connectivity index (χ4n) is 2.38. The van der Waals surface area contributed by atoms with Gasteiger partial charge in [0.25, 0.3) is 0 Å². The van der Waals surface area contributed by atoms with Gasteiger partial charge >= 0.3 is 0 Å². The second-order valence-electron chi connectivity index (χ2n) is 4.60. The number of benzene rings is 1. The van der Waals surface area contributed by atoms with E-state index in [9.17, 15) is 5.11 Å². The first-order valence-electron chi connectivity index (χ1n) is 6.13. The average Bonchev–Trinajstić information content (AvgIpc) is 2.93. The molecule has 4 heteroatoms. The van der Waals surface area contributed by atoms with Gasteiger partial charge in [0.15, 0.2) is 11.3 Å². The quantitative estimate of drug-likeness (QED) is 0.737. The Morgan fingerprint density at radius 2 is 1.74 bits per heavy atom. The average molecular weight is 257 g/mol. The number of hydrogen-bond donors (Lipinski definition) is 2. The Kier molecular flexibility index (Phi) is 2.61. The lowest BCUT2D eigenvalue weighted by Gasteiger charge is -2.01. The summed E-state index contributed by atoms with van der Waals surface area (Å²) < 4.78 is 11.3. The summed E-state index contributed by atoms with van der Waals surface area (Å²) in [4.78, 5) is 0. The van der Waals surface area contributed by atoms with E-state index in [4.69, 9.17) is 14.6 Å². The lowest BCUT2D eigenvalue weighted by molar-refractivity contribution is 0.466. The zero-order chi connectivity index (χ0) is 13.6. The second kappa shape index (κ2) is 4.17. The van der Waals surface area contributed by atoms with E-state index in [0.717, 1.165) is 22.5 Å². The van der Waals surface area contributed by atoms with Gasteiger partial charge in [0.1, 0.15) is 17.1 Å². The van der Waals surface area contributed by atoms with Crippen LogP contribution in [0.2, 0.25) is 0 Å². The van der Waals surface area contributed by atoms with Crippen molar-refractivity contribution in [3.8, 4) is 5.75 Å². The summed E-state index contributed by atoms with van der Waals surface area (Å²) in [5.41, 5.74) is 7.55. The largest absolute Gasteiger partial charge is 0.504 e. The molecule has 0 aliphatic carbocycles. The minimum Gasteiger partial charge on any atom is -0.504 e. The van der Waals surface area contributed by atoms with Gasteiger partial charge in [-0.15, -0.1) is 0 Å². The molecule has 98 valence electrons. The van der Waals surface area contributed by atoms with Crippen LogP contribution in [0, 0.1) is 13.8 Å². The molecule has 0 aliphatic heterocycles. The Morgan fingerprint density at radius 3 is 2.42 bits per heavy atom. The van der Waals surface area contributed by atoms with E-state index in [0.29, 0.717) is 23.1 Å². The fourth-order valence-corrected chi connectivity index (χ4v) is 2.38. The molecule has 0 saturated carbocycles. The first kappa shape index (κ1) is 11.9. The van der Waals surface area contributed by atoms with Crippen LogP contribution in [-0.4, -0.2) is 11.7 Å². The zero-order valence-corrected chi connectivity index (χ0v) is 10.9. The molecule has 0 unspecified atom stereocenters. The number of phenols is 1. The molecule has 2 aromatic heterocycles. The van der Waals surface area contributed by atoms with E-state index in [1.807, 2.05) is 38.1 Å². The molecule has 0 fully saturated rings. The van der Waals surface area contributed by atoms with Crippen LogP contribution in [0.5, 0.6) is 5.75 Å². The molecule has 19 heavy (non-hydrogen) atoms. The van der Waals surface area contributed by atoms with Crippen molar-refractivity contribution >= 4 is 28.0 Å². The number of hydrogen-bond acceptors (Lipinski definition) is 4. The van der Waals surface area contributed by atoms with Crippen LogP contribution in [-0.2, 0) is 0 Å². The maximum atomic E-state index is 10.3. The molecular formula is C15H15NO3. The Hall–Kier alpha value is -2.20. The number of aryl methyl sites for hydroxylation is 2. The molecule has 0 radical (unpaired) electrons. The number of furan rings is 2. The minimum absolute atomic E-state index is 0.125. The summed E-state index contributed by atoms with van der Waals surface area (Å²) in [7, 11) is 0. The smallest absolute Gasteiger partial charge is 0.177 e. The fraction of sp³-hybridized carbons (Fsp3) is 0.200. The SMILES string of the molecule is Cc1cc2c(/C=C/CN)c3oc(C)cc3c(O)c2o1. The maximum absolute atomic E-state index is 10.3. The van der Waals surface area contributed by atoms with Gasteiger partial charge in [0, 0.05) is 17.5 Å². The van der Waals surface area contributed by atoms with E-state index < -0.39 is 0 Å². The number of aromatic hydroxyl groups is 1. The van der Waals surface area contributed by atoms with E-state index in [-0.39, 0.29) is 5.75 Å².